The summed E-state index contributed by atoms with van der Waals surface area (Å²) in [7, 11) is 0. The summed E-state index contributed by atoms with van der Waals surface area (Å²) in [5, 5.41) is 3.55. The van der Waals surface area contributed by atoms with Crippen LogP contribution >= 0.6 is 0 Å². The molecule has 0 bridgehead atoms. The van der Waals surface area contributed by atoms with Crippen LogP contribution in [0.25, 0.3) is 0 Å². The Morgan fingerprint density at radius 1 is 1.00 bits per heavy atom. The van der Waals surface area contributed by atoms with E-state index < -0.39 is 0 Å². The zero-order chi connectivity index (χ0) is 11.8. The minimum absolute atomic E-state index is 0.649. The van der Waals surface area contributed by atoms with E-state index in [2.05, 4.69) is 51.8 Å². The molecule has 0 fully saturated rings. The van der Waals surface area contributed by atoms with Crippen molar-refractivity contribution in [1.82, 2.24) is 10.2 Å². The Bertz CT molecular complexity index is 143. The van der Waals surface area contributed by atoms with Crippen LogP contribution in [0.15, 0.2) is 0 Å². The molecule has 0 radical (unpaired) electrons. The molecule has 0 aliphatic carbocycles. The summed E-state index contributed by atoms with van der Waals surface area (Å²) in [6.07, 6.45) is 1.22. The number of hydrogen-bond donors (Lipinski definition) is 1. The molecule has 0 heterocycles. The van der Waals surface area contributed by atoms with Crippen LogP contribution in [-0.4, -0.2) is 36.6 Å². The fourth-order valence-electron chi connectivity index (χ4n) is 1.87. The highest BCUT2D eigenvalue weighted by molar-refractivity contribution is 4.73. The van der Waals surface area contributed by atoms with Gasteiger partial charge in [-0.1, -0.05) is 27.7 Å². The van der Waals surface area contributed by atoms with E-state index in [4.69, 9.17) is 0 Å². The molecule has 15 heavy (non-hydrogen) atoms. The van der Waals surface area contributed by atoms with Crippen molar-refractivity contribution >= 4 is 0 Å². The molecule has 0 aromatic carbocycles. The first-order valence-electron chi connectivity index (χ1n) is 6.48. The smallest absolute Gasteiger partial charge is 0.0192 e. The molecule has 1 atom stereocenters. The van der Waals surface area contributed by atoms with E-state index in [-0.39, 0.29) is 0 Å². The lowest BCUT2D eigenvalue weighted by Gasteiger charge is -2.32. The fraction of sp³-hybridized carbons (Fsp3) is 1.00. The van der Waals surface area contributed by atoms with E-state index in [1.54, 1.807) is 0 Å². The highest BCUT2D eigenvalue weighted by Gasteiger charge is 2.15. The molecular weight excluding hydrogens is 184 g/mol. The molecule has 1 unspecified atom stereocenters. The van der Waals surface area contributed by atoms with Crippen molar-refractivity contribution in [2.24, 2.45) is 5.92 Å². The first-order chi connectivity index (χ1) is 7.01. The Morgan fingerprint density at radius 3 is 1.93 bits per heavy atom. The van der Waals surface area contributed by atoms with Gasteiger partial charge in [0.15, 0.2) is 0 Å². The maximum absolute atomic E-state index is 3.55. The molecule has 0 aromatic rings. The second-order valence-electron chi connectivity index (χ2n) is 5.10. The predicted octanol–water partition coefficient (Wildman–Crippen LogP) is 2.74. The van der Waals surface area contributed by atoms with Crippen molar-refractivity contribution in [3.05, 3.63) is 0 Å². The number of likely N-dealkylation sites (N-methyl/N-ethyl adjacent to an activating group) is 1. The summed E-state index contributed by atoms with van der Waals surface area (Å²) in [4.78, 5) is 2.58. The molecule has 0 rings (SSSR count). The van der Waals surface area contributed by atoms with Gasteiger partial charge < -0.3 is 5.32 Å². The fourth-order valence-corrected chi connectivity index (χ4v) is 1.87. The zero-order valence-corrected chi connectivity index (χ0v) is 11.5. The lowest BCUT2D eigenvalue weighted by atomic mass is 10.1. The van der Waals surface area contributed by atoms with E-state index in [0.717, 1.165) is 12.5 Å². The van der Waals surface area contributed by atoms with Gasteiger partial charge in [0.1, 0.15) is 0 Å². The summed E-state index contributed by atoms with van der Waals surface area (Å²) in [6, 6.07) is 1.30. The second-order valence-corrected chi connectivity index (χ2v) is 5.10. The summed E-state index contributed by atoms with van der Waals surface area (Å²) in [6.45, 7) is 17.1. The average Bonchev–Trinajstić information content (AvgIpc) is 2.14. The molecular formula is C13H30N2. The Hall–Kier alpha value is -0.0800. The lowest BCUT2D eigenvalue weighted by molar-refractivity contribution is 0.175. The van der Waals surface area contributed by atoms with Gasteiger partial charge in [-0.15, -0.1) is 0 Å². The van der Waals surface area contributed by atoms with Gasteiger partial charge in [0.2, 0.25) is 0 Å². The molecule has 0 aromatic heterocycles. The third-order valence-electron chi connectivity index (χ3n) is 2.77. The summed E-state index contributed by atoms with van der Waals surface area (Å²) in [5.41, 5.74) is 0. The van der Waals surface area contributed by atoms with Gasteiger partial charge >= 0.3 is 0 Å². The van der Waals surface area contributed by atoms with Gasteiger partial charge in [-0.3, -0.25) is 4.90 Å². The van der Waals surface area contributed by atoms with Crippen LogP contribution in [-0.2, 0) is 0 Å². The van der Waals surface area contributed by atoms with Crippen LogP contribution in [0.1, 0.15) is 48.0 Å². The first-order valence-corrected chi connectivity index (χ1v) is 6.48. The topological polar surface area (TPSA) is 15.3 Å². The summed E-state index contributed by atoms with van der Waals surface area (Å²) >= 11 is 0. The van der Waals surface area contributed by atoms with Crippen molar-refractivity contribution in [3.63, 3.8) is 0 Å². The molecule has 0 amide bonds. The summed E-state index contributed by atoms with van der Waals surface area (Å²) in [5.74, 6) is 0.756. The predicted molar refractivity (Wildman–Crippen MR) is 69.3 cm³/mol. The third kappa shape index (κ3) is 6.91. The van der Waals surface area contributed by atoms with Crippen molar-refractivity contribution in [2.45, 2.75) is 60.0 Å². The van der Waals surface area contributed by atoms with E-state index in [9.17, 15) is 0 Å². The molecule has 2 nitrogen and oxygen atoms in total. The van der Waals surface area contributed by atoms with Crippen molar-refractivity contribution < 1.29 is 0 Å². The van der Waals surface area contributed by atoms with Crippen LogP contribution in [0.3, 0.4) is 0 Å². The van der Waals surface area contributed by atoms with E-state index in [0.29, 0.717) is 12.1 Å². The second kappa shape index (κ2) is 8.12. The van der Waals surface area contributed by atoms with Crippen LogP contribution in [0.5, 0.6) is 0 Å². The highest BCUT2D eigenvalue weighted by Crippen LogP contribution is 2.06. The molecule has 0 aliphatic heterocycles. The van der Waals surface area contributed by atoms with Crippen LogP contribution in [0, 0.1) is 5.92 Å². The molecule has 92 valence electrons. The van der Waals surface area contributed by atoms with Gasteiger partial charge in [0, 0.05) is 25.2 Å². The largest absolute Gasteiger partial charge is 0.313 e. The maximum Gasteiger partial charge on any atom is 0.0192 e. The minimum Gasteiger partial charge on any atom is -0.313 e. The number of nitrogens with zero attached hydrogens (tertiary/aromatic N) is 1. The Morgan fingerprint density at radius 2 is 1.60 bits per heavy atom. The number of hydrogen-bond acceptors (Lipinski definition) is 2. The SMILES string of the molecule is CCNC(CC)CN(CC(C)C)C(C)C. The molecule has 2 heteroatoms. The number of nitrogens with one attached hydrogen (secondary N) is 1. The Kier molecular flexibility index (Phi) is 8.07. The van der Waals surface area contributed by atoms with E-state index in [1.165, 1.54) is 19.5 Å². The van der Waals surface area contributed by atoms with E-state index in [1.807, 2.05) is 0 Å². The summed E-state index contributed by atoms with van der Waals surface area (Å²) < 4.78 is 0. The number of rotatable bonds is 8. The monoisotopic (exact) mass is 214 g/mol. The van der Waals surface area contributed by atoms with E-state index >= 15 is 0 Å². The third-order valence-corrected chi connectivity index (χ3v) is 2.77. The van der Waals surface area contributed by atoms with Gasteiger partial charge in [-0.2, -0.15) is 0 Å². The van der Waals surface area contributed by atoms with Crippen LogP contribution in [0.2, 0.25) is 0 Å². The average molecular weight is 214 g/mol. The Labute approximate surface area is 96.4 Å². The van der Waals surface area contributed by atoms with Gasteiger partial charge in [0.25, 0.3) is 0 Å². The van der Waals surface area contributed by atoms with Crippen molar-refractivity contribution in [2.75, 3.05) is 19.6 Å². The molecule has 1 N–H and O–H groups in total. The van der Waals surface area contributed by atoms with Crippen LogP contribution in [0.4, 0.5) is 0 Å². The maximum atomic E-state index is 3.55. The Balaban J connectivity index is 4.12. The van der Waals surface area contributed by atoms with Crippen molar-refractivity contribution in [3.8, 4) is 0 Å². The standard InChI is InChI=1S/C13H30N2/c1-7-13(14-8-2)10-15(12(5)6)9-11(3)4/h11-14H,7-10H2,1-6H3. The van der Waals surface area contributed by atoms with Gasteiger partial charge in [-0.05, 0) is 32.7 Å². The molecule has 0 spiro atoms. The minimum atomic E-state index is 0.649. The van der Waals surface area contributed by atoms with Crippen molar-refractivity contribution in [1.29, 1.82) is 0 Å². The molecule has 0 saturated carbocycles. The van der Waals surface area contributed by atoms with Gasteiger partial charge in [0.05, 0.1) is 0 Å². The normalized spacial score (nSPS) is 14.2. The first kappa shape index (κ1) is 14.9. The lowest BCUT2D eigenvalue weighted by Crippen LogP contribution is -2.44. The van der Waals surface area contributed by atoms with Gasteiger partial charge in [-0.25, -0.2) is 0 Å². The molecule has 0 aliphatic rings. The molecule has 0 saturated heterocycles. The quantitative estimate of drug-likeness (QED) is 0.668. The van der Waals surface area contributed by atoms with Crippen LogP contribution < -0.4 is 5.32 Å². The highest BCUT2D eigenvalue weighted by atomic mass is 15.2. The zero-order valence-electron chi connectivity index (χ0n) is 11.5.